The zero-order valence-corrected chi connectivity index (χ0v) is 24.5. The molecular formula is C32H32N2O5S2. The van der Waals surface area contributed by atoms with E-state index in [4.69, 9.17) is 26.1 Å². The molecule has 0 spiro atoms. The van der Waals surface area contributed by atoms with Gasteiger partial charge in [0.15, 0.2) is 18.1 Å². The van der Waals surface area contributed by atoms with Crippen molar-refractivity contribution in [1.29, 1.82) is 0 Å². The van der Waals surface area contributed by atoms with Crippen LogP contribution in [0, 0.1) is 11.8 Å². The highest BCUT2D eigenvalue weighted by Crippen LogP contribution is 2.49. The molecule has 6 rings (SSSR count). The van der Waals surface area contributed by atoms with E-state index >= 15 is 0 Å². The Balaban J connectivity index is 1.09. The number of amides is 2. The number of thioether (sulfide) groups is 1. The highest BCUT2D eigenvalue weighted by Gasteiger charge is 2.48. The van der Waals surface area contributed by atoms with E-state index in [1.165, 1.54) is 31.0 Å². The molecule has 2 bridgehead atoms. The maximum absolute atomic E-state index is 13.3. The number of carbonyl (C=O) groups is 2. The fourth-order valence-electron chi connectivity index (χ4n) is 6.14. The van der Waals surface area contributed by atoms with E-state index in [-0.39, 0.29) is 24.5 Å². The monoisotopic (exact) mass is 588 g/mol. The lowest BCUT2D eigenvalue weighted by atomic mass is 9.94. The second-order valence-corrected chi connectivity index (χ2v) is 12.4. The second kappa shape index (κ2) is 12.1. The summed E-state index contributed by atoms with van der Waals surface area (Å²) in [5, 5.41) is 2.89. The van der Waals surface area contributed by atoms with Gasteiger partial charge in [-0.25, -0.2) is 0 Å². The molecule has 2 saturated carbocycles. The van der Waals surface area contributed by atoms with E-state index in [2.05, 4.69) is 5.32 Å². The molecule has 3 atom stereocenters. The molecule has 2 aliphatic carbocycles. The average Bonchev–Trinajstić information content (AvgIpc) is 3.78. The van der Waals surface area contributed by atoms with E-state index in [0.717, 1.165) is 29.9 Å². The topological polar surface area (TPSA) is 81.0 Å². The fraction of sp³-hybridized carbons (Fsp3) is 0.344. The molecule has 212 valence electrons. The number of fused-ring (bicyclic) bond motifs is 2. The molecule has 0 radical (unpaired) electrons. The summed E-state index contributed by atoms with van der Waals surface area (Å²) in [5.74, 6) is 3.22. The van der Waals surface area contributed by atoms with Crippen LogP contribution in [0.4, 0.5) is 0 Å². The Kier molecular flexibility index (Phi) is 8.16. The Hall–Kier alpha value is -3.56. The first-order valence-electron chi connectivity index (χ1n) is 14.0. The van der Waals surface area contributed by atoms with Crippen molar-refractivity contribution in [3.63, 3.8) is 0 Å². The number of rotatable bonds is 10. The lowest BCUT2D eigenvalue weighted by Crippen LogP contribution is -2.41. The molecule has 3 fully saturated rings. The minimum atomic E-state index is -0.212. The molecule has 1 N–H and O–H groups in total. The minimum Gasteiger partial charge on any atom is -0.493 e. The van der Waals surface area contributed by atoms with E-state index in [1.807, 2.05) is 53.4 Å². The maximum atomic E-state index is 13.3. The number of carbonyl (C=O) groups excluding carboxylic acids is 2. The Bertz CT molecular complexity index is 1480. The van der Waals surface area contributed by atoms with Crippen LogP contribution in [-0.4, -0.2) is 47.3 Å². The van der Waals surface area contributed by atoms with Crippen LogP contribution in [0.5, 0.6) is 11.5 Å². The Morgan fingerprint density at radius 1 is 1.12 bits per heavy atom. The number of hydrogen-bond acceptors (Lipinski definition) is 7. The third-order valence-electron chi connectivity index (χ3n) is 8.14. The number of hydrogen-bond donors (Lipinski definition) is 1. The SMILES string of the molecule is COc1ccc(-c2ccc(C=C3SC(=S)N(C4CC5CCC4C5)C3=O)o2)cc1OCC(=O)NCCc1ccccc1. The fourth-order valence-corrected chi connectivity index (χ4v) is 7.49. The Morgan fingerprint density at radius 2 is 1.98 bits per heavy atom. The van der Waals surface area contributed by atoms with Crippen molar-refractivity contribution >= 4 is 46.2 Å². The quantitative estimate of drug-likeness (QED) is 0.227. The summed E-state index contributed by atoms with van der Waals surface area (Å²) >= 11 is 6.97. The van der Waals surface area contributed by atoms with Crippen LogP contribution in [0.15, 0.2) is 70.0 Å². The third kappa shape index (κ3) is 6.06. The number of benzene rings is 2. The van der Waals surface area contributed by atoms with Gasteiger partial charge in [-0.1, -0.05) is 60.7 Å². The molecule has 3 unspecified atom stereocenters. The number of ether oxygens (including phenoxy) is 2. The molecule has 2 heterocycles. The lowest BCUT2D eigenvalue weighted by Gasteiger charge is -2.30. The first kappa shape index (κ1) is 27.6. The van der Waals surface area contributed by atoms with Crippen molar-refractivity contribution in [3.8, 4) is 22.8 Å². The zero-order valence-electron chi connectivity index (χ0n) is 22.8. The average molecular weight is 589 g/mol. The molecule has 9 heteroatoms. The molecule has 1 saturated heterocycles. The number of furan rings is 1. The van der Waals surface area contributed by atoms with E-state index in [1.54, 1.807) is 25.3 Å². The number of thiocarbonyl (C=S) groups is 1. The van der Waals surface area contributed by atoms with Gasteiger partial charge >= 0.3 is 0 Å². The molecular weight excluding hydrogens is 556 g/mol. The predicted octanol–water partition coefficient (Wildman–Crippen LogP) is 6.08. The van der Waals surface area contributed by atoms with Crippen molar-refractivity contribution in [2.45, 2.75) is 38.1 Å². The highest BCUT2D eigenvalue weighted by atomic mass is 32.2. The van der Waals surface area contributed by atoms with Gasteiger partial charge in [-0.2, -0.15) is 0 Å². The molecule has 2 aromatic carbocycles. The largest absolute Gasteiger partial charge is 0.493 e. The first-order valence-corrected chi connectivity index (χ1v) is 15.2. The van der Waals surface area contributed by atoms with Gasteiger partial charge in [-0.3, -0.25) is 14.5 Å². The van der Waals surface area contributed by atoms with Crippen LogP contribution in [-0.2, 0) is 16.0 Å². The van der Waals surface area contributed by atoms with Crippen molar-refractivity contribution in [1.82, 2.24) is 10.2 Å². The van der Waals surface area contributed by atoms with Crippen LogP contribution >= 0.6 is 24.0 Å². The van der Waals surface area contributed by atoms with Crippen molar-refractivity contribution in [2.75, 3.05) is 20.3 Å². The van der Waals surface area contributed by atoms with Gasteiger partial charge in [0.05, 0.1) is 12.0 Å². The van der Waals surface area contributed by atoms with Gasteiger partial charge in [0.1, 0.15) is 15.8 Å². The standard InChI is InChI=1S/C32H32N2O5S2/c1-37-27-11-9-23(17-28(27)38-19-30(35)33-14-13-20-5-3-2-4-6-20)26-12-10-24(39-26)18-29-31(36)34(32(40)41-29)25-16-21-7-8-22(25)15-21/h2-6,9-12,17-18,21-22,25H,7-8,13-16,19H2,1H3,(H,33,35). The first-order chi connectivity index (χ1) is 20.0. The van der Waals surface area contributed by atoms with Crippen molar-refractivity contribution < 1.29 is 23.5 Å². The molecule has 1 aliphatic heterocycles. The molecule has 41 heavy (non-hydrogen) atoms. The van der Waals surface area contributed by atoms with Crippen LogP contribution in [0.25, 0.3) is 17.4 Å². The summed E-state index contributed by atoms with van der Waals surface area (Å²) in [7, 11) is 1.56. The molecule has 1 aromatic heterocycles. The van der Waals surface area contributed by atoms with Gasteiger partial charge < -0.3 is 19.2 Å². The number of nitrogens with one attached hydrogen (secondary N) is 1. The summed E-state index contributed by atoms with van der Waals surface area (Å²) < 4.78 is 18.0. The summed E-state index contributed by atoms with van der Waals surface area (Å²) in [6.07, 6.45) is 7.27. The van der Waals surface area contributed by atoms with Crippen molar-refractivity contribution in [3.05, 3.63) is 76.9 Å². The lowest BCUT2D eigenvalue weighted by molar-refractivity contribution is -0.124. The number of nitrogens with zero attached hydrogens (tertiary/aromatic N) is 1. The minimum absolute atomic E-state index is 0.0160. The van der Waals surface area contributed by atoms with Crippen LogP contribution < -0.4 is 14.8 Å². The van der Waals surface area contributed by atoms with Crippen LogP contribution in [0.1, 0.15) is 37.0 Å². The summed E-state index contributed by atoms with van der Waals surface area (Å²) in [5.41, 5.74) is 1.92. The molecule has 3 aromatic rings. The second-order valence-electron chi connectivity index (χ2n) is 10.7. The van der Waals surface area contributed by atoms with Gasteiger partial charge in [0, 0.05) is 24.2 Å². The third-order valence-corrected chi connectivity index (χ3v) is 9.47. The van der Waals surface area contributed by atoms with Crippen LogP contribution in [0.2, 0.25) is 0 Å². The Labute approximate surface area is 249 Å². The Morgan fingerprint density at radius 3 is 2.73 bits per heavy atom. The van der Waals surface area contributed by atoms with E-state index in [0.29, 0.717) is 44.7 Å². The van der Waals surface area contributed by atoms with Gasteiger partial charge in [0.25, 0.3) is 11.8 Å². The summed E-state index contributed by atoms with van der Waals surface area (Å²) in [4.78, 5) is 28.1. The molecule has 3 aliphatic rings. The number of methoxy groups -OCH3 is 1. The van der Waals surface area contributed by atoms with Crippen molar-refractivity contribution in [2.24, 2.45) is 11.8 Å². The smallest absolute Gasteiger partial charge is 0.266 e. The zero-order chi connectivity index (χ0) is 28.3. The highest BCUT2D eigenvalue weighted by molar-refractivity contribution is 8.26. The van der Waals surface area contributed by atoms with E-state index in [9.17, 15) is 9.59 Å². The van der Waals surface area contributed by atoms with Gasteiger partial charge in [-0.05, 0) is 73.4 Å². The van der Waals surface area contributed by atoms with Gasteiger partial charge in [-0.15, -0.1) is 0 Å². The molecule has 7 nitrogen and oxygen atoms in total. The normalized spacial score (nSPS) is 22.5. The maximum Gasteiger partial charge on any atom is 0.266 e. The van der Waals surface area contributed by atoms with Gasteiger partial charge in [0.2, 0.25) is 0 Å². The predicted molar refractivity (Wildman–Crippen MR) is 164 cm³/mol. The molecule has 2 amide bonds. The van der Waals surface area contributed by atoms with Crippen LogP contribution in [0.3, 0.4) is 0 Å². The summed E-state index contributed by atoms with van der Waals surface area (Å²) in [6, 6.07) is 19.3. The summed E-state index contributed by atoms with van der Waals surface area (Å²) in [6.45, 7) is 0.390. The van der Waals surface area contributed by atoms with E-state index < -0.39 is 0 Å².